The summed E-state index contributed by atoms with van der Waals surface area (Å²) in [6.45, 7) is 0.698. The molecule has 0 bridgehead atoms. The smallest absolute Gasteiger partial charge is 0.315 e. The van der Waals surface area contributed by atoms with E-state index >= 15 is 0 Å². The normalized spacial score (nSPS) is 10.5. The summed E-state index contributed by atoms with van der Waals surface area (Å²) in [5.74, 6) is 0. The van der Waals surface area contributed by atoms with Gasteiger partial charge in [0.2, 0.25) is 0 Å². The number of carbonyl (C=O) groups excluding carboxylic acids is 1. The van der Waals surface area contributed by atoms with Crippen LogP contribution in [0.25, 0.3) is 10.8 Å². The van der Waals surface area contributed by atoms with Crippen LogP contribution in [0.1, 0.15) is 11.3 Å². The number of nitrogens with one attached hydrogen (secondary N) is 2. The van der Waals surface area contributed by atoms with Crippen LogP contribution in [0.5, 0.6) is 0 Å². The fraction of sp³-hybridized carbons (Fsp3) is 0.167. The fourth-order valence-corrected chi connectivity index (χ4v) is 2.51. The summed E-state index contributed by atoms with van der Waals surface area (Å²) < 4.78 is 1.29. The van der Waals surface area contributed by atoms with Crippen molar-refractivity contribution < 1.29 is 4.79 Å². The van der Waals surface area contributed by atoms with E-state index in [0.29, 0.717) is 17.6 Å². The second-order valence-electron chi connectivity index (χ2n) is 5.44. The SMILES string of the molecule is Cn1nc(CNC(=O)NCc2ccccc2)c2ccccc2c1=O. The minimum Gasteiger partial charge on any atom is -0.334 e. The first-order valence-corrected chi connectivity index (χ1v) is 7.65. The number of urea groups is 1. The zero-order valence-electron chi connectivity index (χ0n) is 13.3. The van der Waals surface area contributed by atoms with Gasteiger partial charge in [-0.15, -0.1) is 0 Å². The maximum atomic E-state index is 12.1. The summed E-state index contributed by atoms with van der Waals surface area (Å²) >= 11 is 0. The molecule has 122 valence electrons. The number of hydrogen-bond acceptors (Lipinski definition) is 3. The average molecular weight is 322 g/mol. The van der Waals surface area contributed by atoms with Gasteiger partial charge in [0.05, 0.1) is 17.6 Å². The molecule has 0 unspecified atom stereocenters. The second-order valence-corrected chi connectivity index (χ2v) is 5.44. The summed E-state index contributed by atoms with van der Waals surface area (Å²) in [6, 6.07) is 16.7. The molecule has 0 aliphatic rings. The van der Waals surface area contributed by atoms with Gasteiger partial charge in [-0.05, 0) is 11.6 Å². The Kier molecular flexibility index (Phi) is 4.56. The molecule has 6 nitrogen and oxygen atoms in total. The molecule has 3 aromatic rings. The van der Waals surface area contributed by atoms with Crippen molar-refractivity contribution in [3.63, 3.8) is 0 Å². The van der Waals surface area contributed by atoms with E-state index in [2.05, 4.69) is 15.7 Å². The zero-order valence-corrected chi connectivity index (χ0v) is 13.3. The topological polar surface area (TPSA) is 76.0 Å². The molecule has 2 aromatic carbocycles. The highest BCUT2D eigenvalue weighted by molar-refractivity contribution is 5.84. The Morgan fingerprint density at radius 1 is 0.958 bits per heavy atom. The minimum atomic E-state index is -0.279. The van der Waals surface area contributed by atoms with E-state index in [-0.39, 0.29) is 18.1 Å². The Bertz CT molecular complexity index is 919. The largest absolute Gasteiger partial charge is 0.334 e. The predicted octanol–water partition coefficient (Wildman–Crippen LogP) is 1.93. The van der Waals surface area contributed by atoms with E-state index in [1.54, 1.807) is 13.1 Å². The average Bonchev–Trinajstić information content (AvgIpc) is 2.62. The third-order valence-electron chi connectivity index (χ3n) is 3.75. The molecule has 0 saturated carbocycles. The summed E-state index contributed by atoms with van der Waals surface area (Å²) in [6.07, 6.45) is 0. The predicted molar refractivity (Wildman–Crippen MR) is 92.5 cm³/mol. The van der Waals surface area contributed by atoms with Crippen LogP contribution in [0, 0.1) is 0 Å². The van der Waals surface area contributed by atoms with Gasteiger partial charge in [0, 0.05) is 19.0 Å². The quantitative estimate of drug-likeness (QED) is 0.770. The second kappa shape index (κ2) is 6.95. The number of amides is 2. The van der Waals surface area contributed by atoms with E-state index in [0.717, 1.165) is 10.9 Å². The number of fused-ring (bicyclic) bond motifs is 1. The number of hydrogen-bond donors (Lipinski definition) is 2. The van der Waals surface area contributed by atoms with Gasteiger partial charge in [-0.3, -0.25) is 4.79 Å². The van der Waals surface area contributed by atoms with Gasteiger partial charge in [0.15, 0.2) is 0 Å². The van der Waals surface area contributed by atoms with Crippen LogP contribution < -0.4 is 16.2 Å². The number of rotatable bonds is 4. The van der Waals surface area contributed by atoms with Crippen molar-refractivity contribution in [2.45, 2.75) is 13.1 Å². The fourth-order valence-electron chi connectivity index (χ4n) is 2.51. The van der Waals surface area contributed by atoms with Gasteiger partial charge in [-0.1, -0.05) is 48.5 Å². The first kappa shape index (κ1) is 15.7. The van der Waals surface area contributed by atoms with Crippen molar-refractivity contribution in [3.8, 4) is 0 Å². The highest BCUT2D eigenvalue weighted by atomic mass is 16.2. The van der Waals surface area contributed by atoms with E-state index in [1.165, 1.54) is 4.68 Å². The van der Waals surface area contributed by atoms with Crippen molar-refractivity contribution in [2.24, 2.45) is 7.05 Å². The zero-order chi connectivity index (χ0) is 16.9. The molecule has 0 saturated heterocycles. The maximum Gasteiger partial charge on any atom is 0.315 e. The number of nitrogens with zero attached hydrogens (tertiary/aromatic N) is 2. The highest BCUT2D eigenvalue weighted by Gasteiger charge is 2.09. The van der Waals surface area contributed by atoms with Gasteiger partial charge in [-0.2, -0.15) is 5.10 Å². The van der Waals surface area contributed by atoms with E-state index < -0.39 is 0 Å². The monoisotopic (exact) mass is 322 g/mol. The van der Waals surface area contributed by atoms with Crippen LogP contribution in [0.4, 0.5) is 4.79 Å². The standard InChI is InChI=1S/C18H18N4O2/c1-22-17(23)15-10-6-5-9-14(15)16(21-22)12-20-18(24)19-11-13-7-3-2-4-8-13/h2-10H,11-12H2,1H3,(H2,19,20,24). The minimum absolute atomic E-state index is 0.150. The first-order valence-electron chi connectivity index (χ1n) is 7.65. The Morgan fingerprint density at radius 2 is 1.58 bits per heavy atom. The van der Waals surface area contributed by atoms with E-state index in [9.17, 15) is 9.59 Å². The lowest BCUT2D eigenvalue weighted by Crippen LogP contribution is -2.35. The van der Waals surface area contributed by atoms with Crippen molar-refractivity contribution in [3.05, 3.63) is 76.2 Å². The van der Waals surface area contributed by atoms with Crippen molar-refractivity contribution >= 4 is 16.8 Å². The van der Waals surface area contributed by atoms with Gasteiger partial charge in [0.1, 0.15) is 0 Å². The highest BCUT2D eigenvalue weighted by Crippen LogP contribution is 2.12. The van der Waals surface area contributed by atoms with Gasteiger partial charge in [-0.25, -0.2) is 9.48 Å². The number of carbonyl (C=O) groups is 1. The van der Waals surface area contributed by atoms with E-state index in [1.807, 2.05) is 48.5 Å². The lowest BCUT2D eigenvalue weighted by molar-refractivity contribution is 0.240. The van der Waals surface area contributed by atoms with Crippen LogP contribution in [0.15, 0.2) is 59.4 Å². The van der Waals surface area contributed by atoms with E-state index in [4.69, 9.17) is 0 Å². The lowest BCUT2D eigenvalue weighted by Gasteiger charge is -2.10. The number of aryl methyl sites for hydroxylation is 1. The van der Waals surface area contributed by atoms with Gasteiger partial charge < -0.3 is 10.6 Å². The van der Waals surface area contributed by atoms with Crippen LogP contribution >= 0.6 is 0 Å². The third kappa shape index (κ3) is 3.43. The molecule has 3 rings (SSSR count). The summed E-state index contributed by atoms with van der Waals surface area (Å²) in [7, 11) is 1.60. The summed E-state index contributed by atoms with van der Waals surface area (Å²) in [5, 5.41) is 11.2. The van der Waals surface area contributed by atoms with Crippen LogP contribution in [-0.2, 0) is 20.1 Å². The molecule has 0 aliphatic carbocycles. The Labute approximate surface area is 139 Å². The Hall–Kier alpha value is -3.15. The van der Waals surface area contributed by atoms with Gasteiger partial charge >= 0.3 is 6.03 Å². The molecule has 2 N–H and O–H groups in total. The number of benzene rings is 2. The molecule has 0 spiro atoms. The summed E-state index contributed by atoms with van der Waals surface area (Å²) in [4.78, 5) is 24.0. The first-order chi connectivity index (χ1) is 11.6. The van der Waals surface area contributed by atoms with Crippen molar-refractivity contribution in [1.82, 2.24) is 20.4 Å². The maximum absolute atomic E-state index is 12.1. The number of aromatic nitrogens is 2. The molecule has 24 heavy (non-hydrogen) atoms. The molecular formula is C18H18N4O2. The molecule has 0 atom stereocenters. The van der Waals surface area contributed by atoms with Crippen LogP contribution in [-0.4, -0.2) is 15.8 Å². The third-order valence-corrected chi connectivity index (χ3v) is 3.75. The molecule has 0 fully saturated rings. The lowest BCUT2D eigenvalue weighted by atomic mass is 10.1. The van der Waals surface area contributed by atoms with Crippen molar-refractivity contribution in [1.29, 1.82) is 0 Å². The molecule has 2 amide bonds. The molecule has 0 radical (unpaired) electrons. The molecule has 0 aliphatic heterocycles. The van der Waals surface area contributed by atoms with Crippen LogP contribution in [0.3, 0.4) is 0 Å². The Morgan fingerprint density at radius 3 is 2.33 bits per heavy atom. The van der Waals surface area contributed by atoms with Crippen LogP contribution in [0.2, 0.25) is 0 Å². The molecular weight excluding hydrogens is 304 g/mol. The summed E-state index contributed by atoms with van der Waals surface area (Å²) in [5.41, 5.74) is 1.53. The molecule has 6 heteroatoms. The van der Waals surface area contributed by atoms with Gasteiger partial charge in [0.25, 0.3) is 5.56 Å². The van der Waals surface area contributed by atoms with Crippen molar-refractivity contribution in [2.75, 3.05) is 0 Å². The Balaban J connectivity index is 1.68. The molecule has 1 aromatic heterocycles. The molecule has 1 heterocycles.